The van der Waals surface area contributed by atoms with E-state index in [4.69, 9.17) is 10.5 Å². The molecule has 0 atom stereocenters. The van der Waals surface area contributed by atoms with Crippen LogP contribution in [0.3, 0.4) is 0 Å². The number of hydrogen-bond donors (Lipinski definition) is 2. The molecule has 1 heterocycles. The predicted molar refractivity (Wildman–Crippen MR) is 113 cm³/mol. The molecule has 9 heteroatoms. The van der Waals surface area contributed by atoms with Gasteiger partial charge in [-0.05, 0) is 24.4 Å². The van der Waals surface area contributed by atoms with E-state index in [0.29, 0.717) is 5.16 Å². The number of anilines is 2. The average Bonchev–Trinajstić information content (AvgIpc) is 2.69. The molecule has 3 aromatic rings. The summed E-state index contributed by atoms with van der Waals surface area (Å²) in [6, 6.07) is 11.5. The van der Waals surface area contributed by atoms with E-state index in [1.807, 2.05) is 36.4 Å². The summed E-state index contributed by atoms with van der Waals surface area (Å²) in [6.45, 7) is 1.94. The van der Waals surface area contributed by atoms with Gasteiger partial charge >= 0.3 is 5.97 Å². The third-order valence-corrected chi connectivity index (χ3v) is 5.32. The number of amides is 1. The van der Waals surface area contributed by atoms with Crippen LogP contribution in [0.1, 0.15) is 17.3 Å². The van der Waals surface area contributed by atoms with Gasteiger partial charge in [0.05, 0.1) is 12.4 Å². The van der Waals surface area contributed by atoms with Crippen LogP contribution in [0.2, 0.25) is 0 Å². The summed E-state index contributed by atoms with van der Waals surface area (Å²) in [6.07, 6.45) is 1.31. The van der Waals surface area contributed by atoms with Crippen LogP contribution in [0.4, 0.5) is 11.5 Å². The number of thioether (sulfide) groups is 1. The molecule has 0 aliphatic carbocycles. The number of nitrogens with two attached hydrogens (primary N) is 1. The molecule has 1 aromatic heterocycles. The van der Waals surface area contributed by atoms with Gasteiger partial charge in [0.25, 0.3) is 0 Å². The van der Waals surface area contributed by atoms with Crippen molar-refractivity contribution in [2.24, 2.45) is 0 Å². The van der Waals surface area contributed by atoms with Crippen molar-refractivity contribution < 1.29 is 14.3 Å². The minimum absolute atomic E-state index is 0.0234. The van der Waals surface area contributed by atoms with Gasteiger partial charge in [0.15, 0.2) is 5.16 Å². The second-order valence-corrected chi connectivity index (χ2v) is 7.45. The number of halogens is 1. The van der Waals surface area contributed by atoms with Gasteiger partial charge in [0.1, 0.15) is 11.4 Å². The maximum absolute atomic E-state index is 12.4. The monoisotopic (exact) mass is 460 g/mol. The highest BCUT2D eigenvalue weighted by molar-refractivity contribution is 9.10. The Morgan fingerprint density at radius 3 is 2.68 bits per heavy atom. The Bertz CT molecular complexity index is 1040. The van der Waals surface area contributed by atoms with Gasteiger partial charge in [-0.2, -0.15) is 0 Å². The van der Waals surface area contributed by atoms with Crippen molar-refractivity contribution in [1.82, 2.24) is 9.97 Å². The van der Waals surface area contributed by atoms with E-state index in [9.17, 15) is 9.59 Å². The number of nitrogens with one attached hydrogen (secondary N) is 1. The van der Waals surface area contributed by atoms with Crippen molar-refractivity contribution in [3.63, 3.8) is 0 Å². The molecule has 7 nitrogen and oxygen atoms in total. The first-order chi connectivity index (χ1) is 13.5. The van der Waals surface area contributed by atoms with Crippen LogP contribution < -0.4 is 11.1 Å². The molecule has 0 fully saturated rings. The molecule has 0 unspecified atom stereocenters. The normalized spacial score (nSPS) is 10.6. The van der Waals surface area contributed by atoms with Crippen LogP contribution >= 0.6 is 27.7 Å². The largest absolute Gasteiger partial charge is 0.462 e. The van der Waals surface area contributed by atoms with Gasteiger partial charge < -0.3 is 15.8 Å². The number of carbonyl (C=O) groups excluding carboxylic acids is 2. The number of esters is 1. The first-order valence-electron chi connectivity index (χ1n) is 8.39. The standard InChI is InChI=1S/C19H17BrN4O3S/c1-2-27-18(26)13-9-22-19(24-17(13)21)28-10-16(25)23-15-8-7-14(20)11-5-3-4-6-12(11)15/h3-9H,2,10H2,1H3,(H,23,25)(H2,21,22,24). The Kier molecular flexibility index (Phi) is 6.48. The van der Waals surface area contributed by atoms with Crippen LogP contribution in [-0.2, 0) is 9.53 Å². The van der Waals surface area contributed by atoms with Gasteiger partial charge in [-0.3, -0.25) is 4.79 Å². The highest BCUT2D eigenvalue weighted by Gasteiger charge is 2.15. The zero-order valence-electron chi connectivity index (χ0n) is 14.9. The van der Waals surface area contributed by atoms with Gasteiger partial charge in [-0.1, -0.05) is 52.0 Å². The number of nitrogen functional groups attached to an aromatic ring is 1. The first-order valence-corrected chi connectivity index (χ1v) is 10.2. The number of benzene rings is 2. The van der Waals surface area contributed by atoms with Crippen LogP contribution in [0.25, 0.3) is 10.8 Å². The second kappa shape index (κ2) is 9.03. The Balaban J connectivity index is 1.66. The summed E-state index contributed by atoms with van der Waals surface area (Å²) >= 11 is 4.64. The zero-order chi connectivity index (χ0) is 20.1. The lowest BCUT2D eigenvalue weighted by atomic mass is 10.1. The molecule has 0 saturated carbocycles. The third kappa shape index (κ3) is 4.60. The molecule has 28 heavy (non-hydrogen) atoms. The highest BCUT2D eigenvalue weighted by Crippen LogP contribution is 2.30. The van der Waals surface area contributed by atoms with Crippen LogP contribution in [0, 0.1) is 0 Å². The minimum Gasteiger partial charge on any atom is -0.462 e. The van der Waals surface area contributed by atoms with E-state index in [1.54, 1.807) is 6.92 Å². The molecule has 0 aliphatic heterocycles. The van der Waals surface area contributed by atoms with Crippen molar-refractivity contribution in [2.45, 2.75) is 12.1 Å². The lowest BCUT2D eigenvalue weighted by Crippen LogP contribution is -2.15. The smallest absolute Gasteiger partial charge is 0.343 e. The van der Waals surface area contributed by atoms with Gasteiger partial charge in [0, 0.05) is 21.7 Å². The lowest BCUT2D eigenvalue weighted by molar-refractivity contribution is -0.113. The van der Waals surface area contributed by atoms with Gasteiger partial charge in [-0.25, -0.2) is 14.8 Å². The minimum atomic E-state index is -0.573. The number of carbonyl (C=O) groups is 2. The predicted octanol–water partition coefficient (Wildman–Crippen LogP) is 3.88. The van der Waals surface area contributed by atoms with Crippen molar-refractivity contribution in [2.75, 3.05) is 23.4 Å². The maximum atomic E-state index is 12.4. The van der Waals surface area contributed by atoms with E-state index in [0.717, 1.165) is 32.7 Å². The topological polar surface area (TPSA) is 107 Å². The van der Waals surface area contributed by atoms with Crippen molar-refractivity contribution >= 4 is 61.8 Å². The van der Waals surface area contributed by atoms with Crippen LogP contribution in [0.15, 0.2) is 52.2 Å². The number of hydrogen-bond acceptors (Lipinski definition) is 7. The molecule has 1 amide bonds. The Morgan fingerprint density at radius 2 is 1.96 bits per heavy atom. The second-order valence-electron chi connectivity index (χ2n) is 5.65. The summed E-state index contributed by atoms with van der Waals surface area (Å²) in [5.41, 5.74) is 6.62. The van der Waals surface area contributed by atoms with Crippen molar-refractivity contribution in [1.29, 1.82) is 0 Å². The molecular formula is C19H17BrN4O3S. The van der Waals surface area contributed by atoms with E-state index in [-0.39, 0.29) is 29.6 Å². The number of nitrogens with zero attached hydrogens (tertiary/aromatic N) is 2. The highest BCUT2D eigenvalue weighted by atomic mass is 79.9. The number of fused-ring (bicyclic) bond motifs is 1. The Labute approximate surface area is 174 Å². The number of ether oxygens (including phenoxy) is 1. The molecule has 144 valence electrons. The zero-order valence-corrected chi connectivity index (χ0v) is 17.3. The molecule has 3 rings (SSSR count). The van der Waals surface area contributed by atoms with E-state index >= 15 is 0 Å². The van der Waals surface area contributed by atoms with Crippen LogP contribution in [0.5, 0.6) is 0 Å². The molecular weight excluding hydrogens is 444 g/mol. The molecule has 0 saturated heterocycles. The van der Waals surface area contributed by atoms with Crippen molar-refractivity contribution in [3.8, 4) is 0 Å². The summed E-state index contributed by atoms with van der Waals surface area (Å²) in [5, 5.41) is 5.16. The SMILES string of the molecule is CCOC(=O)c1cnc(SCC(=O)Nc2ccc(Br)c3ccccc23)nc1N. The molecule has 3 N–H and O–H groups in total. The molecule has 0 bridgehead atoms. The van der Waals surface area contributed by atoms with Crippen LogP contribution in [-0.4, -0.2) is 34.2 Å². The summed E-state index contributed by atoms with van der Waals surface area (Å²) in [7, 11) is 0. The van der Waals surface area contributed by atoms with E-state index in [1.165, 1.54) is 6.20 Å². The number of aromatic nitrogens is 2. The molecule has 0 radical (unpaired) electrons. The average molecular weight is 461 g/mol. The summed E-state index contributed by atoms with van der Waals surface area (Å²) in [4.78, 5) is 32.2. The summed E-state index contributed by atoms with van der Waals surface area (Å²) < 4.78 is 5.84. The molecule has 0 aliphatic rings. The summed E-state index contributed by atoms with van der Waals surface area (Å²) in [5.74, 6) is -0.649. The fourth-order valence-corrected chi connectivity index (χ4v) is 3.60. The first kappa shape index (κ1) is 20.1. The Morgan fingerprint density at radius 1 is 1.21 bits per heavy atom. The van der Waals surface area contributed by atoms with Gasteiger partial charge in [0.2, 0.25) is 5.91 Å². The van der Waals surface area contributed by atoms with E-state index < -0.39 is 5.97 Å². The Hall–Kier alpha value is -2.65. The molecule has 2 aromatic carbocycles. The quantitative estimate of drug-likeness (QED) is 0.326. The number of rotatable bonds is 6. The van der Waals surface area contributed by atoms with Crippen molar-refractivity contribution in [3.05, 3.63) is 52.6 Å². The molecule has 0 spiro atoms. The fraction of sp³-hybridized carbons (Fsp3) is 0.158. The third-order valence-electron chi connectivity index (χ3n) is 3.77. The lowest BCUT2D eigenvalue weighted by Gasteiger charge is -2.10. The maximum Gasteiger partial charge on any atom is 0.343 e. The van der Waals surface area contributed by atoms with E-state index in [2.05, 4.69) is 31.2 Å². The van der Waals surface area contributed by atoms with Gasteiger partial charge in [-0.15, -0.1) is 0 Å². The fourth-order valence-electron chi connectivity index (χ4n) is 2.50.